The average molecular weight is 365 g/mol. The summed E-state index contributed by atoms with van der Waals surface area (Å²) in [5.41, 5.74) is 1.34. The molecule has 138 valence electrons. The number of carbonyl (C=O) groups is 1. The van der Waals surface area contributed by atoms with E-state index >= 15 is 0 Å². The molecule has 1 amide bonds. The fourth-order valence-electron chi connectivity index (χ4n) is 3.40. The summed E-state index contributed by atoms with van der Waals surface area (Å²) in [6.07, 6.45) is 7.48. The van der Waals surface area contributed by atoms with E-state index in [-0.39, 0.29) is 11.9 Å². The maximum atomic E-state index is 12.9. The summed E-state index contributed by atoms with van der Waals surface area (Å²) in [7, 11) is 0. The second-order valence-corrected chi connectivity index (χ2v) is 7.00. The molecule has 1 atom stereocenters. The molecule has 3 aromatic heterocycles. The van der Waals surface area contributed by atoms with Gasteiger partial charge in [-0.2, -0.15) is 0 Å². The Hall–Kier alpha value is -3.16. The van der Waals surface area contributed by atoms with Gasteiger partial charge >= 0.3 is 0 Å². The van der Waals surface area contributed by atoms with Crippen LogP contribution in [0.5, 0.6) is 5.88 Å². The van der Waals surface area contributed by atoms with Crippen LogP contribution in [0.3, 0.4) is 0 Å². The summed E-state index contributed by atoms with van der Waals surface area (Å²) in [5.74, 6) is 1.69. The highest BCUT2D eigenvalue weighted by Gasteiger charge is 2.33. The van der Waals surface area contributed by atoms with Gasteiger partial charge in [0.25, 0.3) is 5.91 Å². The highest BCUT2D eigenvalue weighted by atomic mass is 16.5. The molecule has 2 aliphatic rings. The van der Waals surface area contributed by atoms with E-state index in [9.17, 15) is 4.79 Å². The lowest BCUT2D eigenvalue weighted by atomic mass is 10.1. The summed E-state index contributed by atoms with van der Waals surface area (Å²) in [6, 6.07) is 7.28. The van der Waals surface area contributed by atoms with Crippen LogP contribution in [0.25, 0.3) is 0 Å². The van der Waals surface area contributed by atoms with Gasteiger partial charge in [0.1, 0.15) is 12.4 Å². The van der Waals surface area contributed by atoms with Crippen molar-refractivity contribution in [3.63, 3.8) is 0 Å². The van der Waals surface area contributed by atoms with E-state index in [1.54, 1.807) is 29.7 Å². The van der Waals surface area contributed by atoms with Gasteiger partial charge in [0, 0.05) is 37.0 Å². The molecule has 0 radical (unpaired) electrons. The molecule has 8 nitrogen and oxygen atoms in total. The maximum Gasteiger partial charge on any atom is 0.276 e. The van der Waals surface area contributed by atoms with Crippen molar-refractivity contribution in [1.82, 2.24) is 24.6 Å². The molecule has 1 aliphatic carbocycles. The van der Waals surface area contributed by atoms with Crippen molar-refractivity contribution in [3.8, 4) is 5.88 Å². The Morgan fingerprint density at radius 3 is 3.07 bits per heavy atom. The van der Waals surface area contributed by atoms with Crippen LogP contribution in [0, 0.1) is 0 Å². The van der Waals surface area contributed by atoms with Crippen molar-refractivity contribution in [2.24, 2.45) is 0 Å². The van der Waals surface area contributed by atoms with Crippen LogP contribution in [0.2, 0.25) is 0 Å². The third kappa shape index (κ3) is 3.18. The summed E-state index contributed by atoms with van der Waals surface area (Å²) < 4.78 is 13.2. The lowest BCUT2D eigenvalue weighted by molar-refractivity contribution is 0.0635. The summed E-state index contributed by atoms with van der Waals surface area (Å²) in [4.78, 5) is 23.1. The minimum atomic E-state index is -0.124. The van der Waals surface area contributed by atoms with Gasteiger partial charge in [-0.05, 0) is 18.9 Å². The van der Waals surface area contributed by atoms with Crippen LogP contribution in [0.1, 0.15) is 46.7 Å². The second-order valence-electron chi connectivity index (χ2n) is 7.00. The molecular weight excluding hydrogens is 346 g/mol. The molecule has 1 fully saturated rings. The zero-order valence-electron chi connectivity index (χ0n) is 14.7. The fourth-order valence-corrected chi connectivity index (χ4v) is 3.40. The first-order valence-corrected chi connectivity index (χ1v) is 9.08. The smallest absolute Gasteiger partial charge is 0.276 e. The van der Waals surface area contributed by atoms with E-state index in [1.165, 1.54) is 0 Å². The van der Waals surface area contributed by atoms with Crippen molar-refractivity contribution in [1.29, 1.82) is 0 Å². The van der Waals surface area contributed by atoms with Gasteiger partial charge in [-0.1, -0.05) is 11.2 Å². The molecule has 1 aliphatic heterocycles. The van der Waals surface area contributed by atoms with Crippen LogP contribution in [-0.2, 0) is 6.54 Å². The lowest BCUT2D eigenvalue weighted by Crippen LogP contribution is -2.42. The standard InChI is InChI=1S/C19H19N5O3/c25-19(16-7-17(27-22-16)13-4-5-13)23-9-14-8-20-12-24(14)15(10-23)11-26-18-3-1-2-6-21-18/h1-3,6-8,12-13,15H,4-5,9-11H2. The van der Waals surface area contributed by atoms with Gasteiger partial charge in [-0.3, -0.25) is 4.79 Å². The molecule has 0 spiro atoms. The van der Waals surface area contributed by atoms with Gasteiger partial charge in [0.2, 0.25) is 5.88 Å². The number of aromatic nitrogens is 4. The Balaban J connectivity index is 1.33. The number of fused-ring (bicyclic) bond motifs is 1. The number of nitrogens with zero attached hydrogens (tertiary/aromatic N) is 5. The number of pyridine rings is 1. The van der Waals surface area contributed by atoms with E-state index in [4.69, 9.17) is 9.26 Å². The zero-order valence-corrected chi connectivity index (χ0v) is 14.7. The fraction of sp³-hybridized carbons (Fsp3) is 0.368. The molecule has 0 bridgehead atoms. The molecule has 27 heavy (non-hydrogen) atoms. The van der Waals surface area contributed by atoms with Gasteiger partial charge in [0.15, 0.2) is 5.69 Å². The van der Waals surface area contributed by atoms with E-state index < -0.39 is 0 Å². The van der Waals surface area contributed by atoms with Crippen LogP contribution in [0.4, 0.5) is 0 Å². The predicted molar refractivity (Wildman–Crippen MR) is 94.2 cm³/mol. The summed E-state index contributed by atoms with van der Waals surface area (Å²) in [6.45, 7) is 1.40. The molecule has 3 aromatic rings. The molecule has 1 unspecified atom stereocenters. The van der Waals surface area contributed by atoms with Gasteiger partial charge in [-0.25, -0.2) is 9.97 Å². The third-order valence-corrected chi connectivity index (χ3v) is 5.00. The van der Waals surface area contributed by atoms with Crippen LogP contribution in [0.15, 0.2) is 47.5 Å². The Morgan fingerprint density at radius 1 is 1.33 bits per heavy atom. The number of amides is 1. The number of rotatable bonds is 5. The Kier molecular flexibility index (Phi) is 3.88. The number of ether oxygens (including phenoxy) is 1. The van der Waals surface area contributed by atoms with Gasteiger partial charge in [0.05, 0.1) is 24.6 Å². The van der Waals surface area contributed by atoms with Gasteiger partial charge in [-0.15, -0.1) is 0 Å². The van der Waals surface area contributed by atoms with Crippen LogP contribution in [-0.4, -0.2) is 43.7 Å². The second kappa shape index (κ2) is 6.53. The summed E-state index contributed by atoms with van der Waals surface area (Å²) >= 11 is 0. The minimum Gasteiger partial charge on any atom is -0.475 e. The zero-order chi connectivity index (χ0) is 18.2. The molecule has 0 saturated heterocycles. The average Bonchev–Trinajstić information content (AvgIpc) is 3.24. The SMILES string of the molecule is O=C(c1cc(C2CC2)on1)N1Cc2cncn2C(COc2ccccn2)C1. The van der Waals surface area contributed by atoms with E-state index in [2.05, 4.69) is 19.7 Å². The Bertz CT molecular complexity index is 947. The number of carbonyl (C=O) groups excluding carboxylic acids is 1. The quantitative estimate of drug-likeness (QED) is 0.690. The maximum absolute atomic E-state index is 12.9. The van der Waals surface area contributed by atoms with Crippen molar-refractivity contribution < 1.29 is 14.1 Å². The highest BCUT2D eigenvalue weighted by Crippen LogP contribution is 2.40. The number of hydrogen-bond acceptors (Lipinski definition) is 6. The van der Waals surface area contributed by atoms with E-state index in [0.29, 0.717) is 37.2 Å². The molecule has 0 N–H and O–H groups in total. The molecule has 1 saturated carbocycles. The van der Waals surface area contributed by atoms with Crippen molar-refractivity contribution in [2.75, 3.05) is 13.2 Å². The Morgan fingerprint density at radius 2 is 2.26 bits per heavy atom. The van der Waals surface area contributed by atoms with Crippen molar-refractivity contribution in [2.45, 2.75) is 31.3 Å². The monoisotopic (exact) mass is 365 g/mol. The van der Waals surface area contributed by atoms with Crippen LogP contribution < -0.4 is 4.74 Å². The first-order chi connectivity index (χ1) is 13.3. The molecule has 4 heterocycles. The molecule has 5 rings (SSSR count). The van der Waals surface area contributed by atoms with Crippen molar-refractivity contribution in [3.05, 3.63) is 60.1 Å². The minimum absolute atomic E-state index is 0.0444. The molecule has 8 heteroatoms. The topological polar surface area (TPSA) is 86.3 Å². The van der Waals surface area contributed by atoms with E-state index in [1.807, 2.05) is 18.2 Å². The largest absolute Gasteiger partial charge is 0.475 e. The lowest BCUT2D eigenvalue weighted by Gasteiger charge is -2.33. The van der Waals surface area contributed by atoms with E-state index in [0.717, 1.165) is 24.3 Å². The number of imidazole rings is 1. The van der Waals surface area contributed by atoms with Gasteiger partial charge < -0.3 is 18.7 Å². The predicted octanol–water partition coefficient (Wildman–Crippen LogP) is 2.42. The third-order valence-electron chi connectivity index (χ3n) is 5.00. The number of hydrogen-bond donors (Lipinski definition) is 0. The highest BCUT2D eigenvalue weighted by molar-refractivity contribution is 5.92. The summed E-state index contributed by atoms with van der Waals surface area (Å²) in [5, 5.41) is 3.98. The van der Waals surface area contributed by atoms with Crippen molar-refractivity contribution >= 4 is 5.91 Å². The molecular formula is C19H19N5O3. The van der Waals surface area contributed by atoms with Crippen LogP contribution >= 0.6 is 0 Å². The Labute approximate surface area is 155 Å². The molecule has 0 aromatic carbocycles. The normalized spacial score (nSPS) is 19.0. The first kappa shape index (κ1) is 16.0. The first-order valence-electron chi connectivity index (χ1n) is 9.08.